The summed E-state index contributed by atoms with van der Waals surface area (Å²) in [6, 6.07) is 0. The van der Waals surface area contributed by atoms with Gasteiger partial charge in [0, 0.05) is 12.8 Å². The Kier molecular flexibility index (Phi) is 3.50. The number of nitrogens with zero attached hydrogens (tertiary/aromatic N) is 1. The van der Waals surface area contributed by atoms with E-state index in [2.05, 4.69) is 9.98 Å². The molecule has 6 heteroatoms. The van der Waals surface area contributed by atoms with Crippen molar-refractivity contribution in [1.29, 1.82) is 0 Å². The highest BCUT2D eigenvalue weighted by Gasteiger charge is 2.14. The van der Waals surface area contributed by atoms with Gasteiger partial charge in [0.05, 0.1) is 12.6 Å². The first kappa shape index (κ1) is 10.8. The number of hydrogen-bond acceptors (Lipinski definition) is 5. The standard InChI is InChI=1S/C9H12N2O2S2/c12-8-7(15-9(14)11-8)5-10-4-6-2-1-3-13-6/h5-6,12H,1-4H2,(H,11,14)/t6-/m1/s1. The normalized spacial score (nSPS) is 21.5. The second kappa shape index (κ2) is 4.87. The fourth-order valence-electron chi connectivity index (χ4n) is 1.46. The molecule has 1 fully saturated rings. The Labute approximate surface area is 96.6 Å². The average Bonchev–Trinajstić information content (AvgIpc) is 2.77. The maximum absolute atomic E-state index is 9.39. The molecule has 0 aromatic carbocycles. The summed E-state index contributed by atoms with van der Waals surface area (Å²) in [7, 11) is 0. The van der Waals surface area contributed by atoms with Crippen LogP contribution in [-0.4, -0.2) is 35.6 Å². The van der Waals surface area contributed by atoms with E-state index in [1.807, 2.05) is 0 Å². The van der Waals surface area contributed by atoms with E-state index >= 15 is 0 Å². The lowest BCUT2D eigenvalue weighted by Crippen LogP contribution is -2.08. The summed E-state index contributed by atoms with van der Waals surface area (Å²) < 4.78 is 5.99. The zero-order valence-corrected chi connectivity index (χ0v) is 9.74. The minimum absolute atomic E-state index is 0.0982. The number of thiazole rings is 1. The molecule has 82 valence electrons. The lowest BCUT2D eigenvalue weighted by atomic mass is 10.2. The molecule has 2 N–H and O–H groups in total. The summed E-state index contributed by atoms with van der Waals surface area (Å²) >= 11 is 6.21. The van der Waals surface area contributed by atoms with Gasteiger partial charge < -0.3 is 14.8 Å². The van der Waals surface area contributed by atoms with Crippen LogP contribution < -0.4 is 0 Å². The summed E-state index contributed by atoms with van der Waals surface area (Å²) in [5, 5.41) is 9.39. The molecule has 1 aliphatic rings. The van der Waals surface area contributed by atoms with Gasteiger partial charge in [-0.25, -0.2) is 0 Å². The van der Waals surface area contributed by atoms with E-state index < -0.39 is 0 Å². The molecule has 1 atom stereocenters. The number of aromatic hydroxyl groups is 1. The van der Waals surface area contributed by atoms with Crippen LogP contribution in [-0.2, 0) is 4.74 Å². The molecule has 1 aliphatic heterocycles. The van der Waals surface area contributed by atoms with Crippen molar-refractivity contribution in [3.63, 3.8) is 0 Å². The summed E-state index contributed by atoms with van der Waals surface area (Å²) in [6.07, 6.45) is 4.09. The van der Waals surface area contributed by atoms with Crippen LogP contribution in [0, 0.1) is 3.95 Å². The molecule has 15 heavy (non-hydrogen) atoms. The summed E-state index contributed by atoms with van der Waals surface area (Å²) in [6.45, 7) is 1.50. The van der Waals surface area contributed by atoms with Gasteiger partial charge in [-0.15, -0.1) is 0 Å². The van der Waals surface area contributed by atoms with Crippen LogP contribution in [0.2, 0.25) is 0 Å². The molecular weight excluding hydrogens is 232 g/mol. The van der Waals surface area contributed by atoms with Gasteiger partial charge in [0.2, 0.25) is 5.88 Å². The van der Waals surface area contributed by atoms with Crippen LogP contribution in [0.3, 0.4) is 0 Å². The predicted molar refractivity (Wildman–Crippen MR) is 62.6 cm³/mol. The molecule has 0 bridgehead atoms. The Morgan fingerprint density at radius 1 is 1.73 bits per heavy atom. The van der Waals surface area contributed by atoms with E-state index in [-0.39, 0.29) is 12.0 Å². The van der Waals surface area contributed by atoms with Gasteiger partial charge >= 0.3 is 0 Å². The summed E-state index contributed by atoms with van der Waals surface area (Å²) in [5.41, 5.74) is 0. The minimum atomic E-state index is 0.0982. The van der Waals surface area contributed by atoms with Gasteiger partial charge in [0.15, 0.2) is 3.95 Å². The fourth-order valence-corrected chi connectivity index (χ4v) is 2.45. The second-order valence-corrected chi connectivity index (χ2v) is 5.08. The highest BCUT2D eigenvalue weighted by Crippen LogP contribution is 2.19. The third-order valence-corrected chi connectivity index (χ3v) is 3.36. The van der Waals surface area contributed by atoms with Gasteiger partial charge in [0.1, 0.15) is 4.88 Å². The number of hydrogen-bond donors (Lipinski definition) is 2. The van der Waals surface area contributed by atoms with E-state index in [0.717, 1.165) is 19.4 Å². The van der Waals surface area contributed by atoms with Crippen molar-refractivity contribution >= 4 is 29.8 Å². The van der Waals surface area contributed by atoms with E-state index in [1.165, 1.54) is 11.3 Å². The van der Waals surface area contributed by atoms with Crippen LogP contribution in [0.15, 0.2) is 4.99 Å². The lowest BCUT2D eigenvalue weighted by molar-refractivity contribution is 0.118. The van der Waals surface area contributed by atoms with Crippen LogP contribution in [0.1, 0.15) is 17.7 Å². The maximum Gasteiger partial charge on any atom is 0.209 e. The molecule has 2 heterocycles. The molecular formula is C9H12N2O2S2. The molecule has 0 radical (unpaired) electrons. The van der Waals surface area contributed by atoms with Crippen molar-refractivity contribution in [3.05, 3.63) is 8.83 Å². The third-order valence-electron chi connectivity index (χ3n) is 2.20. The second-order valence-electron chi connectivity index (χ2n) is 3.36. The minimum Gasteiger partial charge on any atom is -0.494 e. The Bertz CT molecular complexity index is 404. The zero-order valence-electron chi connectivity index (χ0n) is 8.10. The number of aliphatic imine (C=N–C) groups is 1. The van der Waals surface area contributed by atoms with Gasteiger partial charge in [-0.3, -0.25) is 4.99 Å². The van der Waals surface area contributed by atoms with Gasteiger partial charge in [-0.05, 0) is 25.1 Å². The van der Waals surface area contributed by atoms with Crippen LogP contribution >= 0.6 is 23.6 Å². The summed E-state index contributed by atoms with van der Waals surface area (Å²) in [5.74, 6) is 0.0982. The smallest absolute Gasteiger partial charge is 0.209 e. The topological polar surface area (TPSA) is 57.6 Å². The van der Waals surface area contributed by atoms with Crippen molar-refractivity contribution in [2.45, 2.75) is 18.9 Å². The van der Waals surface area contributed by atoms with E-state index in [1.54, 1.807) is 6.21 Å². The molecule has 2 rings (SSSR count). The van der Waals surface area contributed by atoms with E-state index in [4.69, 9.17) is 17.0 Å². The molecule has 4 nitrogen and oxygen atoms in total. The molecule has 0 amide bonds. The van der Waals surface area contributed by atoms with Crippen molar-refractivity contribution in [2.75, 3.05) is 13.2 Å². The molecule has 0 saturated carbocycles. The molecule has 0 spiro atoms. The number of aromatic nitrogens is 1. The van der Waals surface area contributed by atoms with Crippen molar-refractivity contribution in [2.24, 2.45) is 4.99 Å². The largest absolute Gasteiger partial charge is 0.494 e. The highest BCUT2D eigenvalue weighted by molar-refractivity contribution is 7.73. The third kappa shape index (κ3) is 2.87. The molecule has 1 aromatic heterocycles. The van der Waals surface area contributed by atoms with Gasteiger partial charge in [0.25, 0.3) is 0 Å². The van der Waals surface area contributed by atoms with Crippen LogP contribution in [0.4, 0.5) is 0 Å². The number of ether oxygens (including phenoxy) is 1. The average molecular weight is 244 g/mol. The predicted octanol–water partition coefficient (Wildman–Crippen LogP) is 2.11. The molecule has 0 unspecified atom stereocenters. The Morgan fingerprint density at radius 3 is 3.20 bits per heavy atom. The molecule has 0 aliphatic carbocycles. The quantitative estimate of drug-likeness (QED) is 0.632. The van der Waals surface area contributed by atoms with E-state index in [9.17, 15) is 5.11 Å². The SMILES string of the molecule is Oc1[nH]c(=S)sc1C=NC[C@H]1CCCO1. The first-order chi connectivity index (χ1) is 7.25. The lowest BCUT2D eigenvalue weighted by Gasteiger charge is -2.03. The van der Waals surface area contributed by atoms with Crippen LogP contribution in [0.5, 0.6) is 5.88 Å². The monoisotopic (exact) mass is 244 g/mol. The first-order valence-corrected chi connectivity index (χ1v) is 6.01. The summed E-state index contributed by atoms with van der Waals surface area (Å²) in [4.78, 5) is 7.56. The van der Waals surface area contributed by atoms with Crippen molar-refractivity contribution in [3.8, 4) is 5.88 Å². The molecule has 1 aromatic rings. The first-order valence-electron chi connectivity index (χ1n) is 4.79. The van der Waals surface area contributed by atoms with E-state index in [0.29, 0.717) is 15.4 Å². The number of aromatic amines is 1. The maximum atomic E-state index is 9.39. The van der Waals surface area contributed by atoms with Gasteiger partial charge in [-0.2, -0.15) is 0 Å². The number of rotatable bonds is 3. The van der Waals surface area contributed by atoms with Crippen molar-refractivity contribution < 1.29 is 9.84 Å². The Morgan fingerprint density at radius 2 is 2.60 bits per heavy atom. The number of nitrogens with one attached hydrogen (secondary N) is 1. The zero-order chi connectivity index (χ0) is 10.7. The molecule has 1 saturated heterocycles. The van der Waals surface area contributed by atoms with Crippen LogP contribution in [0.25, 0.3) is 0 Å². The Balaban J connectivity index is 1.93. The Hall–Kier alpha value is -0.720. The fraction of sp³-hybridized carbons (Fsp3) is 0.556. The van der Waals surface area contributed by atoms with Gasteiger partial charge in [-0.1, -0.05) is 11.3 Å². The van der Waals surface area contributed by atoms with Crippen molar-refractivity contribution in [1.82, 2.24) is 4.98 Å². The highest BCUT2D eigenvalue weighted by atomic mass is 32.1. The number of H-pyrrole nitrogens is 1.